The summed E-state index contributed by atoms with van der Waals surface area (Å²) in [6, 6.07) is 0.528. The summed E-state index contributed by atoms with van der Waals surface area (Å²) in [6.07, 6.45) is 5.15. The van der Waals surface area contributed by atoms with Gasteiger partial charge in [-0.25, -0.2) is 0 Å². The van der Waals surface area contributed by atoms with E-state index in [9.17, 15) is 0 Å². The van der Waals surface area contributed by atoms with E-state index in [4.69, 9.17) is 0 Å². The molecule has 82 valence electrons. The summed E-state index contributed by atoms with van der Waals surface area (Å²) in [4.78, 5) is 4.34. The van der Waals surface area contributed by atoms with Gasteiger partial charge in [0, 0.05) is 12.6 Å². The first-order chi connectivity index (χ1) is 6.36. The van der Waals surface area contributed by atoms with Crippen LogP contribution in [0.25, 0.3) is 0 Å². The number of hydrogen-bond acceptors (Lipinski definition) is 4. The molecule has 0 aliphatic carbocycles. The van der Waals surface area contributed by atoms with Crippen molar-refractivity contribution in [2.75, 3.05) is 25.1 Å². The molecule has 1 rings (SSSR count). The van der Waals surface area contributed by atoms with Gasteiger partial charge >= 0.3 is 0 Å². The molecule has 1 heterocycles. The number of aliphatic imine (C=N–C) groups is 1. The largest absolute Gasteiger partial charge is 0.353 e. The number of hydrogen-bond donors (Lipinski definition) is 2. The first-order valence-corrected chi connectivity index (χ1v) is 5.91. The van der Waals surface area contributed by atoms with E-state index in [1.54, 1.807) is 0 Å². The highest BCUT2D eigenvalue weighted by atomic mass is 127. The van der Waals surface area contributed by atoms with Crippen LogP contribution in [-0.4, -0.2) is 37.1 Å². The first kappa shape index (κ1) is 14.1. The van der Waals surface area contributed by atoms with E-state index in [0.717, 1.165) is 19.0 Å². The molecule has 0 aromatic rings. The monoisotopic (exact) mass is 327 g/mol. The summed E-state index contributed by atoms with van der Waals surface area (Å²) < 4.78 is 0. The van der Waals surface area contributed by atoms with Gasteiger partial charge in [0.05, 0.1) is 6.54 Å². The summed E-state index contributed by atoms with van der Waals surface area (Å²) >= 11 is 1.88. The Morgan fingerprint density at radius 2 is 2.57 bits per heavy atom. The molecule has 0 saturated heterocycles. The van der Waals surface area contributed by atoms with Crippen LogP contribution in [0, 0.1) is 0 Å². The highest BCUT2D eigenvalue weighted by molar-refractivity contribution is 14.0. The van der Waals surface area contributed by atoms with E-state index in [0.29, 0.717) is 6.04 Å². The molecule has 0 saturated carbocycles. The fraction of sp³-hybridized carbons (Fsp3) is 0.667. The van der Waals surface area contributed by atoms with Crippen molar-refractivity contribution in [1.29, 1.82) is 0 Å². The Bertz CT molecular complexity index is 196. The second kappa shape index (κ2) is 8.40. The van der Waals surface area contributed by atoms with Gasteiger partial charge in [-0.3, -0.25) is 4.99 Å². The average molecular weight is 327 g/mol. The van der Waals surface area contributed by atoms with Crippen LogP contribution in [0.5, 0.6) is 0 Å². The van der Waals surface area contributed by atoms with Crippen molar-refractivity contribution in [2.45, 2.75) is 12.5 Å². The highest BCUT2D eigenvalue weighted by Gasteiger charge is 2.15. The predicted molar refractivity (Wildman–Crippen MR) is 75.8 cm³/mol. The maximum absolute atomic E-state index is 4.34. The third kappa shape index (κ3) is 5.09. The number of thioether (sulfide) groups is 1. The molecule has 5 heteroatoms. The lowest BCUT2D eigenvalue weighted by molar-refractivity contribution is 0.636. The maximum Gasteiger partial charge on any atom is 0.191 e. The minimum absolute atomic E-state index is 0. The van der Waals surface area contributed by atoms with Gasteiger partial charge in [0.1, 0.15) is 0 Å². The van der Waals surface area contributed by atoms with E-state index >= 15 is 0 Å². The van der Waals surface area contributed by atoms with E-state index in [2.05, 4.69) is 28.5 Å². The van der Waals surface area contributed by atoms with Gasteiger partial charge in [0.2, 0.25) is 0 Å². The fourth-order valence-corrected chi connectivity index (χ4v) is 1.71. The minimum Gasteiger partial charge on any atom is -0.353 e. The smallest absolute Gasteiger partial charge is 0.191 e. The highest BCUT2D eigenvalue weighted by Crippen LogP contribution is 2.04. The van der Waals surface area contributed by atoms with Crippen molar-refractivity contribution in [3.05, 3.63) is 12.7 Å². The van der Waals surface area contributed by atoms with Crippen LogP contribution in [0.1, 0.15) is 6.42 Å². The molecular formula is C9H18IN3S. The minimum atomic E-state index is 0. The molecule has 0 unspecified atom stereocenters. The molecule has 0 radical (unpaired) electrons. The van der Waals surface area contributed by atoms with Crippen molar-refractivity contribution in [3.8, 4) is 0 Å². The molecular weight excluding hydrogens is 309 g/mol. The third-order valence-corrected chi connectivity index (χ3v) is 2.54. The number of nitrogens with one attached hydrogen (secondary N) is 2. The molecule has 0 bridgehead atoms. The van der Waals surface area contributed by atoms with Crippen molar-refractivity contribution >= 4 is 41.7 Å². The second-order valence-electron chi connectivity index (χ2n) is 2.98. The molecule has 0 aromatic heterocycles. The van der Waals surface area contributed by atoms with Gasteiger partial charge in [-0.1, -0.05) is 6.08 Å². The molecule has 14 heavy (non-hydrogen) atoms. The van der Waals surface area contributed by atoms with Crippen LogP contribution in [0.2, 0.25) is 0 Å². The Hall–Kier alpha value is 0.0900. The van der Waals surface area contributed by atoms with Crippen LogP contribution in [0.15, 0.2) is 17.6 Å². The summed E-state index contributed by atoms with van der Waals surface area (Å²) in [5, 5.41) is 6.49. The Kier molecular flexibility index (Phi) is 8.46. The number of halogens is 1. The van der Waals surface area contributed by atoms with E-state index in [1.807, 2.05) is 17.8 Å². The molecule has 1 atom stereocenters. The molecule has 0 amide bonds. The van der Waals surface area contributed by atoms with E-state index in [1.165, 1.54) is 12.2 Å². The lowest BCUT2D eigenvalue weighted by Gasteiger charge is -2.10. The number of nitrogens with zero attached hydrogens (tertiary/aromatic N) is 1. The lowest BCUT2D eigenvalue weighted by Crippen LogP contribution is -2.39. The van der Waals surface area contributed by atoms with Gasteiger partial charge < -0.3 is 10.6 Å². The molecule has 0 spiro atoms. The summed E-state index contributed by atoms with van der Waals surface area (Å²) in [5.41, 5.74) is 0. The topological polar surface area (TPSA) is 36.4 Å². The zero-order valence-corrected chi connectivity index (χ0v) is 11.6. The van der Waals surface area contributed by atoms with Crippen molar-refractivity contribution in [1.82, 2.24) is 10.6 Å². The molecule has 2 N–H and O–H groups in total. The van der Waals surface area contributed by atoms with Gasteiger partial charge in [0.15, 0.2) is 5.96 Å². The average Bonchev–Trinajstić information content (AvgIpc) is 2.59. The zero-order chi connectivity index (χ0) is 9.52. The second-order valence-corrected chi connectivity index (χ2v) is 3.97. The van der Waals surface area contributed by atoms with Crippen LogP contribution < -0.4 is 10.6 Å². The SMILES string of the molecule is C=CCNC1=NC[C@H](CCSC)N1.I. The van der Waals surface area contributed by atoms with Crippen LogP contribution in [0.3, 0.4) is 0 Å². The summed E-state index contributed by atoms with van der Waals surface area (Å²) in [5.74, 6) is 2.12. The molecule has 1 aliphatic heterocycles. The number of guanidine groups is 1. The predicted octanol–water partition coefficient (Wildman–Crippen LogP) is 1.46. The van der Waals surface area contributed by atoms with Gasteiger partial charge in [0.25, 0.3) is 0 Å². The van der Waals surface area contributed by atoms with Crippen molar-refractivity contribution in [2.24, 2.45) is 4.99 Å². The zero-order valence-electron chi connectivity index (χ0n) is 8.45. The Labute approximate surface area is 107 Å². The molecule has 1 aliphatic rings. The third-order valence-electron chi connectivity index (χ3n) is 1.89. The maximum atomic E-state index is 4.34. The van der Waals surface area contributed by atoms with Gasteiger partial charge in [-0.2, -0.15) is 11.8 Å². The standard InChI is InChI=1S/C9H17N3S.HI/c1-3-5-10-9-11-7-8(12-9)4-6-13-2;/h3,8H,1,4-7H2,2H3,(H2,10,11,12);1H/t8-;/m0./s1. The first-order valence-electron chi connectivity index (χ1n) is 4.51. The van der Waals surface area contributed by atoms with Crippen molar-refractivity contribution in [3.63, 3.8) is 0 Å². The molecule has 3 nitrogen and oxygen atoms in total. The Morgan fingerprint density at radius 1 is 1.79 bits per heavy atom. The lowest BCUT2D eigenvalue weighted by atomic mass is 10.2. The summed E-state index contributed by atoms with van der Waals surface area (Å²) in [6.45, 7) is 5.32. The Balaban J connectivity index is 0.00000169. The number of rotatable bonds is 5. The normalized spacial score (nSPS) is 19.2. The van der Waals surface area contributed by atoms with Crippen LogP contribution >= 0.6 is 35.7 Å². The summed E-state index contributed by atoms with van der Waals surface area (Å²) in [7, 11) is 0. The molecule has 0 fully saturated rings. The van der Waals surface area contributed by atoms with E-state index < -0.39 is 0 Å². The van der Waals surface area contributed by atoms with E-state index in [-0.39, 0.29) is 24.0 Å². The Morgan fingerprint density at radius 3 is 3.21 bits per heavy atom. The molecule has 0 aromatic carbocycles. The van der Waals surface area contributed by atoms with Crippen LogP contribution in [0.4, 0.5) is 0 Å². The fourth-order valence-electron chi connectivity index (χ4n) is 1.19. The van der Waals surface area contributed by atoms with Crippen molar-refractivity contribution < 1.29 is 0 Å². The van der Waals surface area contributed by atoms with Crippen LogP contribution in [-0.2, 0) is 0 Å². The van der Waals surface area contributed by atoms with Gasteiger partial charge in [-0.05, 0) is 18.4 Å². The van der Waals surface area contributed by atoms with Gasteiger partial charge in [-0.15, -0.1) is 30.6 Å². The quantitative estimate of drug-likeness (QED) is 0.593.